The molecule has 3 heteroatoms. The molecule has 0 aromatic heterocycles. The lowest BCUT2D eigenvalue weighted by Gasteiger charge is -2.24. The van der Waals surface area contributed by atoms with Gasteiger partial charge in [-0.05, 0) is 23.5 Å². The Morgan fingerprint density at radius 2 is 2.17 bits per heavy atom. The molecule has 0 radical (unpaired) electrons. The Morgan fingerprint density at radius 3 is 2.78 bits per heavy atom. The van der Waals surface area contributed by atoms with E-state index in [9.17, 15) is 9.90 Å². The summed E-state index contributed by atoms with van der Waals surface area (Å²) in [6.07, 6.45) is 0.239. The van der Waals surface area contributed by atoms with E-state index in [1.165, 1.54) is 5.56 Å². The highest BCUT2D eigenvalue weighted by Gasteiger charge is 2.33. The molecule has 2 rings (SSSR count). The van der Waals surface area contributed by atoms with Gasteiger partial charge < -0.3 is 10.0 Å². The van der Waals surface area contributed by atoms with Crippen LogP contribution in [0, 0.1) is 0 Å². The van der Waals surface area contributed by atoms with Gasteiger partial charge >= 0.3 is 0 Å². The van der Waals surface area contributed by atoms with Gasteiger partial charge in [-0.2, -0.15) is 0 Å². The first-order valence-electron chi connectivity index (χ1n) is 6.54. The van der Waals surface area contributed by atoms with Crippen LogP contribution in [0.2, 0.25) is 0 Å². The molecule has 0 aliphatic carbocycles. The van der Waals surface area contributed by atoms with Crippen molar-refractivity contribution in [1.29, 1.82) is 0 Å². The van der Waals surface area contributed by atoms with E-state index in [4.69, 9.17) is 0 Å². The number of amides is 1. The van der Waals surface area contributed by atoms with Crippen molar-refractivity contribution in [2.45, 2.75) is 45.3 Å². The van der Waals surface area contributed by atoms with Crippen molar-refractivity contribution in [3.05, 3.63) is 35.4 Å². The first-order chi connectivity index (χ1) is 8.49. The van der Waals surface area contributed by atoms with Crippen LogP contribution in [0.5, 0.6) is 0 Å². The van der Waals surface area contributed by atoms with Gasteiger partial charge in [-0.3, -0.25) is 4.79 Å². The summed E-state index contributed by atoms with van der Waals surface area (Å²) >= 11 is 0. The summed E-state index contributed by atoms with van der Waals surface area (Å²) in [6.45, 7) is 6.33. The number of benzene rings is 1. The zero-order chi connectivity index (χ0) is 13.3. The zero-order valence-electron chi connectivity index (χ0n) is 11.3. The summed E-state index contributed by atoms with van der Waals surface area (Å²) in [6, 6.07) is 8.37. The van der Waals surface area contributed by atoms with Crippen LogP contribution in [0.3, 0.4) is 0 Å². The summed E-state index contributed by atoms with van der Waals surface area (Å²) < 4.78 is 0. The van der Waals surface area contributed by atoms with Gasteiger partial charge in [-0.15, -0.1) is 0 Å². The van der Waals surface area contributed by atoms with Gasteiger partial charge in [0.05, 0.1) is 12.1 Å². The fourth-order valence-electron chi connectivity index (χ4n) is 2.60. The maximum absolute atomic E-state index is 11.6. The SMILES string of the molecule is CC(=O)N1C[C@H](O)C[C@H]1c1cccc(C(C)C)c1. The number of hydrogen-bond acceptors (Lipinski definition) is 2. The predicted molar refractivity (Wildman–Crippen MR) is 71.3 cm³/mol. The molecule has 1 N–H and O–H groups in total. The third kappa shape index (κ3) is 2.56. The van der Waals surface area contributed by atoms with Crippen molar-refractivity contribution in [3.63, 3.8) is 0 Å². The van der Waals surface area contributed by atoms with E-state index in [0.717, 1.165) is 5.56 Å². The lowest BCUT2D eigenvalue weighted by molar-refractivity contribution is -0.130. The molecule has 0 bridgehead atoms. The molecular weight excluding hydrogens is 226 g/mol. The summed E-state index contributed by atoms with van der Waals surface area (Å²) in [5.41, 5.74) is 2.41. The lowest BCUT2D eigenvalue weighted by atomic mass is 9.96. The Morgan fingerprint density at radius 1 is 1.44 bits per heavy atom. The second kappa shape index (κ2) is 5.11. The molecule has 1 aromatic carbocycles. The first-order valence-corrected chi connectivity index (χ1v) is 6.54. The topological polar surface area (TPSA) is 40.5 Å². The van der Waals surface area contributed by atoms with Crippen LogP contribution in [0.25, 0.3) is 0 Å². The Hall–Kier alpha value is -1.35. The zero-order valence-corrected chi connectivity index (χ0v) is 11.3. The summed E-state index contributed by atoms with van der Waals surface area (Å²) in [7, 11) is 0. The molecule has 1 heterocycles. The van der Waals surface area contributed by atoms with E-state index in [1.807, 2.05) is 12.1 Å². The number of β-amino-alcohol motifs (C(OH)–C–C–N with tert-alkyl or cyclic N) is 1. The molecule has 1 aliphatic heterocycles. The van der Waals surface area contributed by atoms with Crippen LogP contribution in [0.4, 0.5) is 0 Å². The minimum absolute atomic E-state index is 0.0243. The monoisotopic (exact) mass is 247 g/mol. The molecule has 2 atom stereocenters. The molecule has 1 fully saturated rings. The predicted octanol–water partition coefficient (Wildman–Crippen LogP) is 2.46. The summed E-state index contributed by atoms with van der Waals surface area (Å²) in [5.74, 6) is 0.508. The molecule has 1 aromatic rings. The highest BCUT2D eigenvalue weighted by atomic mass is 16.3. The van der Waals surface area contributed by atoms with Crippen LogP contribution in [-0.2, 0) is 4.79 Å². The first kappa shape index (κ1) is 13.1. The minimum Gasteiger partial charge on any atom is -0.391 e. The Balaban J connectivity index is 2.29. The number of likely N-dealkylation sites (tertiary alicyclic amines) is 1. The van der Waals surface area contributed by atoms with E-state index in [1.54, 1.807) is 11.8 Å². The molecule has 18 heavy (non-hydrogen) atoms. The third-order valence-corrected chi connectivity index (χ3v) is 3.65. The standard InChI is InChI=1S/C15H21NO2/c1-10(2)12-5-4-6-13(7-12)15-8-14(18)9-16(15)11(3)17/h4-7,10,14-15,18H,8-9H2,1-3H3/t14-,15+/m1/s1. The minimum atomic E-state index is -0.401. The van der Waals surface area contributed by atoms with Crippen molar-refractivity contribution in [2.75, 3.05) is 6.54 Å². The molecule has 98 valence electrons. The van der Waals surface area contributed by atoms with E-state index >= 15 is 0 Å². The number of aliphatic hydroxyl groups is 1. The summed E-state index contributed by atoms with van der Waals surface area (Å²) in [4.78, 5) is 13.4. The van der Waals surface area contributed by atoms with E-state index in [0.29, 0.717) is 18.9 Å². The van der Waals surface area contributed by atoms with Crippen molar-refractivity contribution in [1.82, 2.24) is 4.90 Å². The fourth-order valence-corrected chi connectivity index (χ4v) is 2.60. The molecule has 1 aliphatic rings. The van der Waals surface area contributed by atoms with Crippen molar-refractivity contribution >= 4 is 5.91 Å². The quantitative estimate of drug-likeness (QED) is 0.872. The van der Waals surface area contributed by atoms with Crippen LogP contribution in [-0.4, -0.2) is 28.6 Å². The van der Waals surface area contributed by atoms with Gasteiger partial charge in [-0.1, -0.05) is 38.1 Å². The average molecular weight is 247 g/mol. The Bertz CT molecular complexity index is 442. The van der Waals surface area contributed by atoms with E-state index in [2.05, 4.69) is 26.0 Å². The highest BCUT2D eigenvalue weighted by Crippen LogP contribution is 2.33. The largest absolute Gasteiger partial charge is 0.391 e. The second-order valence-electron chi connectivity index (χ2n) is 5.40. The van der Waals surface area contributed by atoms with Crippen molar-refractivity contribution < 1.29 is 9.90 Å². The van der Waals surface area contributed by atoms with E-state index < -0.39 is 6.10 Å². The Labute approximate surface area is 108 Å². The Kier molecular flexibility index (Phi) is 3.71. The molecule has 0 spiro atoms. The highest BCUT2D eigenvalue weighted by molar-refractivity contribution is 5.74. The van der Waals surface area contributed by atoms with Crippen LogP contribution >= 0.6 is 0 Å². The van der Waals surface area contributed by atoms with Crippen molar-refractivity contribution in [3.8, 4) is 0 Å². The molecular formula is C15H21NO2. The van der Waals surface area contributed by atoms with Crippen LogP contribution in [0.1, 0.15) is 50.3 Å². The van der Waals surface area contributed by atoms with Crippen molar-refractivity contribution in [2.24, 2.45) is 0 Å². The molecule has 0 saturated carbocycles. The second-order valence-corrected chi connectivity index (χ2v) is 5.40. The lowest BCUT2D eigenvalue weighted by Crippen LogP contribution is -2.29. The number of rotatable bonds is 2. The maximum Gasteiger partial charge on any atom is 0.220 e. The number of carbonyl (C=O) groups excluding carboxylic acids is 1. The maximum atomic E-state index is 11.6. The molecule has 0 unspecified atom stereocenters. The fraction of sp³-hybridized carbons (Fsp3) is 0.533. The molecule has 3 nitrogen and oxygen atoms in total. The number of carbonyl (C=O) groups is 1. The number of nitrogens with zero attached hydrogens (tertiary/aromatic N) is 1. The van der Waals surface area contributed by atoms with Gasteiger partial charge in [0.2, 0.25) is 5.91 Å². The van der Waals surface area contributed by atoms with Gasteiger partial charge in [0, 0.05) is 13.5 Å². The third-order valence-electron chi connectivity index (χ3n) is 3.65. The number of hydrogen-bond donors (Lipinski definition) is 1. The summed E-state index contributed by atoms with van der Waals surface area (Å²) in [5, 5.41) is 9.76. The van der Waals surface area contributed by atoms with Gasteiger partial charge in [0.25, 0.3) is 0 Å². The van der Waals surface area contributed by atoms with Gasteiger partial charge in [0.15, 0.2) is 0 Å². The smallest absolute Gasteiger partial charge is 0.220 e. The van der Waals surface area contributed by atoms with Gasteiger partial charge in [-0.25, -0.2) is 0 Å². The number of aliphatic hydroxyl groups excluding tert-OH is 1. The van der Waals surface area contributed by atoms with Crippen LogP contribution in [0.15, 0.2) is 24.3 Å². The normalized spacial score (nSPS) is 23.7. The van der Waals surface area contributed by atoms with E-state index in [-0.39, 0.29) is 11.9 Å². The molecule has 1 amide bonds. The van der Waals surface area contributed by atoms with Gasteiger partial charge in [0.1, 0.15) is 0 Å². The van der Waals surface area contributed by atoms with Crippen LogP contribution < -0.4 is 0 Å². The molecule has 1 saturated heterocycles. The average Bonchev–Trinajstić information content (AvgIpc) is 2.72.